The molecule has 0 aliphatic rings. The summed E-state index contributed by atoms with van der Waals surface area (Å²) in [5.74, 6) is -0.900. The summed E-state index contributed by atoms with van der Waals surface area (Å²) >= 11 is 6.13. The van der Waals surface area contributed by atoms with Gasteiger partial charge >= 0.3 is 5.97 Å². The van der Waals surface area contributed by atoms with Crippen LogP contribution in [0.5, 0.6) is 0 Å². The van der Waals surface area contributed by atoms with Crippen LogP contribution in [0, 0.1) is 27.7 Å². The maximum atomic E-state index is 13.1. The van der Waals surface area contributed by atoms with Crippen LogP contribution < -0.4 is 10.0 Å². The van der Waals surface area contributed by atoms with Crippen LogP contribution in [0.25, 0.3) is 11.1 Å². The van der Waals surface area contributed by atoms with E-state index in [-0.39, 0.29) is 10.8 Å². The molecule has 0 aliphatic carbocycles. The van der Waals surface area contributed by atoms with E-state index in [0.717, 1.165) is 22.3 Å². The molecule has 2 N–H and O–H groups in total. The van der Waals surface area contributed by atoms with Gasteiger partial charge in [-0.1, -0.05) is 35.9 Å². The Balaban J connectivity index is 1.90. The van der Waals surface area contributed by atoms with Gasteiger partial charge in [0, 0.05) is 16.3 Å². The van der Waals surface area contributed by atoms with Crippen LogP contribution in [0.4, 0.5) is 5.69 Å². The smallest absolute Gasteiger partial charge is 0.328 e. The lowest BCUT2D eigenvalue weighted by molar-refractivity contribution is -0.142. The predicted molar refractivity (Wildman–Crippen MR) is 142 cm³/mol. The number of rotatable bonds is 7. The number of carbonyl (C=O) groups excluding carboxylic acids is 2. The van der Waals surface area contributed by atoms with Gasteiger partial charge in [-0.05, 0) is 92.3 Å². The quantitative estimate of drug-likeness (QED) is 0.403. The Morgan fingerprint density at radius 2 is 1.53 bits per heavy atom. The van der Waals surface area contributed by atoms with Gasteiger partial charge < -0.3 is 10.1 Å². The SMILES string of the molecule is COC(=O)[C@@H](C)NC(=O)c1c(C)cc(-c2cccc(NS(=O)(=O)c3cc(C)c(Cl)cc3C)c2)cc1C. The summed E-state index contributed by atoms with van der Waals surface area (Å²) in [7, 11) is -2.57. The van der Waals surface area contributed by atoms with E-state index >= 15 is 0 Å². The number of sulfonamides is 1. The number of amides is 1. The highest BCUT2D eigenvalue weighted by atomic mass is 35.5. The Labute approximate surface area is 216 Å². The average molecular weight is 529 g/mol. The van der Waals surface area contributed by atoms with Gasteiger partial charge in [0.05, 0.1) is 12.0 Å². The molecule has 190 valence electrons. The molecule has 7 nitrogen and oxygen atoms in total. The molecule has 36 heavy (non-hydrogen) atoms. The van der Waals surface area contributed by atoms with E-state index in [1.807, 2.05) is 32.0 Å². The van der Waals surface area contributed by atoms with Crippen LogP contribution in [0.15, 0.2) is 53.4 Å². The summed E-state index contributed by atoms with van der Waals surface area (Å²) in [6, 6.07) is 13.2. The molecular weight excluding hydrogens is 500 g/mol. The van der Waals surface area contributed by atoms with Crippen molar-refractivity contribution in [2.45, 2.75) is 45.6 Å². The molecule has 3 rings (SSSR count). The minimum absolute atomic E-state index is 0.165. The van der Waals surface area contributed by atoms with Crippen LogP contribution in [-0.2, 0) is 19.6 Å². The number of esters is 1. The lowest BCUT2D eigenvalue weighted by atomic mass is 9.95. The van der Waals surface area contributed by atoms with Crippen molar-refractivity contribution in [1.82, 2.24) is 5.32 Å². The first-order valence-corrected chi connectivity index (χ1v) is 13.1. The Kier molecular flexibility index (Phi) is 8.11. The van der Waals surface area contributed by atoms with E-state index in [1.165, 1.54) is 7.11 Å². The number of anilines is 1. The highest BCUT2D eigenvalue weighted by Crippen LogP contribution is 2.30. The van der Waals surface area contributed by atoms with Gasteiger partial charge in [-0.3, -0.25) is 9.52 Å². The van der Waals surface area contributed by atoms with Crippen molar-refractivity contribution in [1.29, 1.82) is 0 Å². The third-order valence-electron chi connectivity index (χ3n) is 5.86. The summed E-state index contributed by atoms with van der Waals surface area (Å²) in [4.78, 5) is 24.6. The fourth-order valence-electron chi connectivity index (χ4n) is 4.01. The van der Waals surface area contributed by atoms with Crippen LogP contribution >= 0.6 is 11.6 Å². The van der Waals surface area contributed by atoms with Gasteiger partial charge in [0.1, 0.15) is 6.04 Å². The molecule has 0 unspecified atom stereocenters. The fraction of sp³-hybridized carbons (Fsp3) is 0.259. The van der Waals surface area contributed by atoms with Gasteiger partial charge in [0.2, 0.25) is 0 Å². The molecule has 0 saturated carbocycles. The zero-order valence-corrected chi connectivity index (χ0v) is 22.6. The number of aryl methyl sites for hydroxylation is 4. The van der Waals surface area contributed by atoms with Crippen LogP contribution in [-0.4, -0.2) is 33.4 Å². The lowest BCUT2D eigenvalue weighted by Crippen LogP contribution is -2.39. The molecule has 3 aromatic carbocycles. The van der Waals surface area contributed by atoms with E-state index < -0.39 is 22.0 Å². The number of hydrogen-bond acceptors (Lipinski definition) is 5. The Bertz CT molecular complexity index is 1430. The molecule has 0 spiro atoms. The number of methoxy groups -OCH3 is 1. The zero-order valence-electron chi connectivity index (χ0n) is 21.0. The normalized spacial score (nSPS) is 12.1. The van der Waals surface area contributed by atoms with E-state index in [2.05, 4.69) is 14.8 Å². The Hall–Kier alpha value is -3.36. The van der Waals surface area contributed by atoms with Crippen molar-refractivity contribution in [2.75, 3.05) is 11.8 Å². The Morgan fingerprint density at radius 3 is 2.14 bits per heavy atom. The van der Waals surface area contributed by atoms with E-state index in [1.54, 1.807) is 51.1 Å². The maximum absolute atomic E-state index is 13.1. The number of benzene rings is 3. The topological polar surface area (TPSA) is 102 Å². The Morgan fingerprint density at radius 1 is 0.889 bits per heavy atom. The number of ether oxygens (including phenoxy) is 1. The first-order chi connectivity index (χ1) is 16.8. The molecular formula is C27H29ClN2O5S. The van der Waals surface area contributed by atoms with E-state index in [4.69, 9.17) is 11.6 Å². The van der Waals surface area contributed by atoms with Crippen molar-refractivity contribution < 1.29 is 22.7 Å². The van der Waals surface area contributed by atoms with Gasteiger partial charge in [0.25, 0.3) is 15.9 Å². The molecule has 0 aliphatic heterocycles. The third-order valence-corrected chi connectivity index (χ3v) is 7.79. The standard InChI is InChI=1S/C27H29ClN2O5S/c1-15-13-24(16(2)12-23(15)28)36(33,34)30-22-9-7-8-20(14-22)21-10-17(3)25(18(4)11-21)26(31)29-19(5)27(32)35-6/h7-14,19,30H,1-6H3,(H,29,31)/t19-/m1/s1. The first kappa shape index (κ1) is 27.2. The van der Waals surface area contributed by atoms with Crippen LogP contribution in [0.3, 0.4) is 0 Å². The summed E-state index contributed by atoms with van der Waals surface area (Å²) < 4.78 is 33.5. The molecule has 0 saturated heterocycles. The van der Waals surface area contributed by atoms with Gasteiger partial charge in [-0.2, -0.15) is 0 Å². The molecule has 1 amide bonds. The summed E-state index contributed by atoms with van der Waals surface area (Å²) in [5, 5.41) is 3.16. The first-order valence-electron chi connectivity index (χ1n) is 11.2. The van der Waals surface area contributed by atoms with Crippen molar-refractivity contribution in [2.24, 2.45) is 0 Å². The van der Waals surface area contributed by atoms with Gasteiger partial charge in [-0.15, -0.1) is 0 Å². The fourth-order valence-corrected chi connectivity index (χ4v) is 5.59. The largest absolute Gasteiger partial charge is 0.467 e. The molecule has 3 aromatic rings. The molecule has 0 fully saturated rings. The predicted octanol–water partition coefficient (Wildman–Crippen LogP) is 5.33. The molecule has 1 atom stereocenters. The number of nitrogens with one attached hydrogen (secondary N) is 2. The maximum Gasteiger partial charge on any atom is 0.328 e. The number of halogens is 1. The minimum Gasteiger partial charge on any atom is -0.467 e. The number of carbonyl (C=O) groups is 2. The summed E-state index contributed by atoms with van der Waals surface area (Å²) in [5.41, 5.74) is 5.14. The second-order valence-electron chi connectivity index (χ2n) is 8.76. The van der Waals surface area contributed by atoms with Crippen molar-refractivity contribution in [3.8, 4) is 11.1 Å². The zero-order chi connectivity index (χ0) is 26.8. The van der Waals surface area contributed by atoms with E-state index in [0.29, 0.717) is 27.4 Å². The summed E-state index contributed by atoms with van der Waals surface area (Å²) in [6.07, 6.45) is 0. The molecule has 0 radical (unpaired) electrons. The second kappa shape index (κ2) is 10.7. The van der Waals surface area contributed by atoms with Crippen molar-refractivity contribution in [3.63, 3.8) is 0 Å². The van der Waals surface area contributed by atoms with Crippen LogP contribution in [0.2, 0.25) is 5.02 Å². The number of hydrogen-bond donors (Lipinski definition) is 2. The molecule has 9 heteroatoms. The lowest BCUT2D eigenvalue weighted by Gasteiger charge is -2.16. The highest BCUT2D eigenvalue weighted by Gasteiger charge is 2.21. The van der Waals surface area contributed by atoms with Gasteiger partial charge in [-0.25, -0.2) is 13.2 Å². The summed E-state index contributed by atoms with van der Waals surface area (Å²) in [6.45, 7) is 8.64. The van der Waals surface area contributed by atoms with Gasteiger partial charge in [0.15, 0.2) is 0 Å². The third kappa shape index (κ3) is 5.88. The molecule has 0 aromatic heterocycles. The van der Waals surface area contributed by atoms with Crippen molar-refractivity contribution in [3.05, 3.63) is 81.4 Å². The van der Waals surface area contributed by atoms with Crippen molar-refractivity contribution >= 4 is 39.2 Å². The van der Waals surface area contributed by atoms with E-state index in [9.17, 15) is 18.0 Å². The molecule has 0 heterocycles. The monoisotopic (exact) mass is 528 g/mol. The second-order valence-corrected chi connectivity index (χ2v) is 10.8. The highest BCUT2D eigenvalue weighted by molar-refractivity contribution is 7.92. The van der Waals surface area contributed by atoms with Crippen LogP contribution in [0.1, 0.15) is 39.5 Å². The minimum atomic E-state index is -3.84. The molecule has 0 bridgehead atoms. The average Bonchev–Trinajstić information content (AvgIpc) is 2.80.